The number of unbranched alkanes of at least 4 members (excludes halogenated alkanes) is 2. The van der Waals surface area contributed by atoms with E-state index in [1.165, 1.54) is 0 Å². The fraction of sp³-hybridized carbons (Fsp3) is 0.588. The first-order valence-electron chi connectivity index (χ1n) is 7.45. The van der Waals surface area contributed by atoms with Crippen LogP contribution in [0.3, 0.4) is 0 Å². The zero-order chi connectivity index (χ0) is 15.0. The Morgan fingerprint density at radius 3 is 2.65 bits per heavy atom. The molecule has 0 aromatic heterocycles. The number of carbonyl (C=O) groups excluding carboxylic acids is 1. The van der Waals surface area contributed by atoms with E-state index in [2.05, 4.69) is 0 Å². The Kier molecular flexibility index (Phi) is 7.27. The molecular formula is C17H25FO2. The van der Waals surface area contributed by atoms with Gasteiger partial charge in [0.1, 0.15) is 5.78 Å². The molecule has 1 aromatic carbocycles. The van der Waals surface area contributed by atoms with Gasteiger partial charge in [-0.05, 0) is 56.7 Å². The third-order valence-electron chi connectivity index (χ3n) is 3.20. The lowest BCUT2D eigenvalue weighted by molar-refractivity contribution is -0.117. The van der Waals surface area contributed by atoms with Gasteiger partial charge in [0.2, 0.25) is 0 Å². The van der Waals surface area contributed by atoms with E-state index in [1.807, 2.05) is 19.9 Å². The van der Waals surface area contributed by atoms with Gasteiger partial charge in [-0.3, -0.25) is 0 Å². The third kappa shape index (κ3) is 5.72. The van der Waals surface area contributed by atoms with Crippen molar-refractivity contribution in [2.75, 3.05) is 6.61 Å². The Morgan fingerprint density at radius 2 is 2.00 bits per heavy atom. The summed E-state index contributed by atoms with van der Waals surface area (Å²) < 4.78 is 19.7. The average molecular weight is 280 g/mol. The fourth-order valence-corrected chi connectivity index (χ4v) is 2.17. The highest BCUT2D eigenvalue weighted by molar-refractivity contribution is 5.75. The highest BCUT2D eigenvalue weighted by atomic mass is 19.1. The van der Waals surface area contributed by atoms with Gasteiger partial charge in [0.25, 0.3) is 0 Å². The van der Waals surface area contributed by atoms with E-state index in [0.29, 0.717) is 25.2 Å². The second-order valence-corrected chi connectivity index (χ2v) is 5.35. The Bertz CT molecular complexity index is 441. The van der Waals surface area contributed by atoms with Crippen molar-refractivity contribution >= 4 is 5.78 Å². The molecule has 2 nitrogen and oxygen atoms in total. The topological polar surface area (TPSA) is 26.3 Å². The molecule has 1 rings (SSSR count). The van der Waals surface area contributed by atoms with Crippen LogP contribution in [-0.2, 0) is 11.2 Å². The number of hydrogen-bond donors (Lipinski definition) is 0. The van der Waals surface area contributed by atoms with Gasteiger partial charge in [-0.1, -0.05) is 19.4 Å². The molecule has 0 radical (unpaired) electrons. The maximum Gasteiger partial charge on any atom is 0.168 e. The van der Waals surface area contributed by atoms with Crippen LogP contribution in [0.25, 0.3) is 0 Å². The number of carbonyl (C=O) groups is 1. The highest BCUT2D eigenvalue weighted by Crippen LogP contribution is 2.24. The lowest BCUT2D eigenvalue weighted by Gasteiger charge is -2.11. The van der Waals surface area contributed by atoms with Gasteiger partial charge in [-0.25, -0.2) is 4.39 Å². The lowest BCUT2D eigenvalue weighted by atomic mass is 10.0. The predicted octanol–water partition coefficient (Wildman–Crippen LogP) is 4.61. The van der Waals surface area contributed by atoms with Crippen LogP contribution in [0.1, 0.15) is 57.1 Å². The van der Waals surface area contributed by atoms with E-state index in [0.717, 1.165) is 36.8 Å². The number of rotatable bonds is 9. The molecule has 0 heterocycles. The standard InChI is InChI=1S/C17H25FO2/c1-4-10-20-16-12-13(2)11-15(17(16)18)9-7-5-6-8-14(3)19/h11-12H,4-10H2,1-3H3. The van der Waals surface area contributed by atoms with E-state index >= 15 is 0 Å². The molecule has 3 heteroatoms. The maximum absolute atomic E-state index is 14.2. The van der Waals surface area contributed by atoms with E-state index in [9.17, 15) is 9.18 Å². The number of benzene rings is 1. The van der Waals surface area contributed by atoms with Crippen LogP contribution in [0.5, 0.6) is 5.75 Å². The molecule has 0 aliphatic heterocycles. The van der Waals surface area contributed by atoms with E-state index in [-0.39, 0.29) is 11.6 Å². The number of Topliss-reactive ketones (excluding diaryl/α,β-unsaturated/α-hetero) is 1. The zero-order valence-electron chi connectivity index (χ0n) is 12.8. The van der Waals surface area contributed by atoms with Gasteiger partial charge in [0, 0.05) is 6.42 Å². The van der Waals surface area contributed by atoms with Gasteiger partial charge in [0.05, 0.1) is 6.61 Å². The Labute approximate surface area is 121 Å². The summed E-state index contributed by atoms with van der Waals surface area (Å²) in [6.45, 7) is 6.11. The summed E-state index contributed by atoms with van der Waals surface area (Å²) in [6, 6.07) is 3.64. The van der Waals surface area contributed by atoms with Crippen molar-refractivity contribution in [3.8, 4) is 5.75 Å². The van der Waals surface area contributed by atoms with E-state index in [1.54, 1.807) is 13.0 Å². The van der Waals surface area contributed by atoms with Gasteiger partial charge >= 0.3 is 0 Å². The van der Waals surface area contributed by atoms with Crippen molar-refractivity contribution < 1.29 is 13.9 Å². The first-order chi connectivity index (χ1) is 9.54. The minimum Gasteiger partial charge on any atom is -0.491 e. The first kappa shape index (κ1) is 16.7. The minimum absolute atomic E-state index is 0.224. The fourth-order valence-electron chi connectivity index (χ4n) is 2.17. The first-order valence-corrected chi connectivity index (χ1v) is 7.45. The van der Waals surface area contributed by atoms with Gasteiger partial charge in [0.15, 0.2) is 11.6 Å². The summed E-state index contributed by atoms with van der Waals surface area (Å²) in [5.41, 5.74) is 1.75. The van der Waals surface area contributed by atoms with E-state index in [4.69, 9.17) is 4.74 Å². The molecule has 0 saturated heterocycles. The second kappa shape index (κ2) is 8.72. The van der Waals surface area contributed by atoms with Crippen LogP contribution in [0, 0.1) is 12.7 Å². The molecule has 0 N–H and O–H groups in total. The average Bonchev–Trinajstić information content (AvgIpc) is 2.39. The van der Waals surface area contributed by atoms with Crippen molar-refractivity contribution in [1.29, 1.82) is 0 Å². The molecule has 0 bridgehead atoms. The summed E-state index contributed by atoms with van der Waals surface area (Å²) in [7, 11) is 0. The van der Waals surface area contributed by atoms with Crippen LogP contribution < -0.4 is 4.74 Å². The van der Waals surface area contributed by atoms with Crippen molar-refractivity contribution in [3.05, 3.63) is 29.1 Å². The van der Waals surface area contributed by atoms with Crippen LogP contribution in [0.15, 0.2) is 12.1 Å². The molecule has 0 spiro atoms. The summed E-state index contributed by atoms with van der Waals surface area (Å²) in [5, 5.41) is 0. The number of ether oxygens (including phenoxy) is 1. The molecule has 112 valence electrons. The van der Waals surface area contributed by atoms with Crippen LogP contribution in [0.2, 0.25) is 0 Å². The zero-order valence-corrected chi connectivity index (χ0v) is 12.8. The SMILES string of the molecule is CCCOc1cc(C)cc(CCCCCC(C)=O)c1F. The van der Waals surface area contributed by atoms with Crippen LogP contribution >= 0.6 is 0 Å². The number of ketones is 1. The third-order valence-corrected chi connectivity index (χ3v) is 3.20. The molecule has 0 fully saturated rings. The number of hydrogen-bond acceptors (Lipinski definition) is 2. The molecule has 0 unspecified atom stereocenters. The van der Waals surface area contributed by atoms with Crippen molar-refractivity contribution in [2.24, 2.45) is 0 Å². The van der Waals surface area contributed by atoms with Gasteiger partial charge < -0.3 is 9.53 Å². The number of halogens is 1. The summed E-state index contributed by atoms with van der Waals surface area (Å²) in [5.74, 6) is 0.364. The molecule has 20 heavy (non-hydrogen) atoms. The lowest BCUT2D eigenvalue weighted by Crippen LogP contribution is -2.01. The molecule has 0 atom stereocenters. The van der Waals surface area contributed by atoms with Crippen LogP contribution in [-0.4, -0.2) is 12.4 Å². The highest BCUT2D eigenvalue weighted by Gasteiger charge is 2.10. The normalized spacial score (nSPS) is 10.6. The smallest absolute Gasteiger partial charge is 0.168 e. The van der Waals surface area contributed by atoms with Crippen molar-refractivity contribution in [3.63, 3.8) is 0 Å². The second-order valence-electron chi connectivity index (χ2n) is 5.35. The Morgan fingerprint density at radius 1 is 1.25 bits per heavy atom. The monoisotopic (exact) mass is 280 g/mol. The van der Waals surface area contributed by atoms with Gasteiger partial charge in [-0.15, -0.1) is 0 Å². The van der Waals surface area contributed by atoms with E-state index < -0.39 is 0 Å². The van der Waals surface area contributed by atoms with Crippen molar-refractivity contribution in [1.82, 2.24) is 0 Å². The molecular weight excluding hydrogens is 255 g/mol. The molecule has 0 aliphatic rings. The quantitative estimate of drug-likeness (QED) is 0.617. The molecule has 0 aliphatic carbocycles. The minimum atomic E-state index is -0.226. The molecule has 1 aromatic rings. The van der Waals surface area contributed by atoms with Crippen molar-refractivity contribution in [2.45, 2.75) is 59.3 Å². The summed E-state index contributed by atoms with van der Waals surface area (Å²) in [4.78, 5) is 10.8. The summed E-state index contributed by atoms with van der Waals surface area (Å²) in [6.07, 6.45) is 4.95. The maximum atomic E-state index is 14.2. The van der Waals surface area contributed by atoms with Gasteiger partial charge in [-0.2, -0.15) is 0 Å². The predicted molar refractivity (Wildman–Crippen MR) is 79.8 cm³/mol. The summed E-state index contributed by atoms with van der Waals surface area (Å²) >= 11 is 0. The molecule has 0 saturated carbocycles. The Balaban J connectivity index is 2.56. The molecule has 0 amide bonds. The Hall–Kier alpha value is -1.38. The van der Waals surface area contributed by atoms with Crippen LogP contribution in [0.4, 0.5) is 4.39 Å². The largest absolute Gasteiger partial charge is 0.491 e. The number of aryl methyl sites for hydroxylation is 2.